The van der Waals surface area contributed by atoms with Crippen LogP contribution in [0.1, 0.15) is 0 Å². The molecule has 0 amide bonds. The SMILES string of the molecule is Cl.NCC(O)CSc1ccccc1. The van der Waals surface area contributed by atoms with Gasteiger partial charge >= 0.3 is 0 Å². The van der Waals surface area contributed by atoms with Crippen molar-refractivity contribution in [3.05, 3.63) is 30.3 Å². The minimum Gasteiger partial charge on any atom is -0.391 e. The van der Waals surface area contributed by atoms with Crippen LogP contribution >= 0.6 is 24.2 Å². The average molecular weight is 220 g/mol. The summed E-state index contributed by atoms with van der Waals surface area (Å²) in [6.45, 7) is 0.333. The topological polar surface area (TPSA) is 46.2 Å². The summed E-state index contributed by atoms with van der Waals surface area (Å²) in [6.07, 6.45) is -0.393. The van der Waals surface area contributed by atoms with Crippen LogP contribution in [0, 0.1) is 0 Å². The number of aliphatic hydroxyl groups excluding tert-OH is 1. The highest BCUT2D eigenvalue weighted by Crippen LogP contribution is 2.17. The largest absolute Gasteiger partial charge is 0.391 e. The van der Waals surface area contributed by atoms with E-state index in [9.17, 15) is 5.11 Å². The molecule has 0 aliphatic rings. The molecule has 0 aromatic heterocycles. The zero-order chi connectivity index (χ0) is 8.81. The minimum absolute atomic E-state index is 0. The molecule has 1 atom stereocenters. The summed E-state index contributed by atoms with van der Waals surface area (Å²) in [5.41, 5.74) is 5.27. The Bertz CT molecular complexity index is 220. The van der Waals surface area contributed by atoms with Crippen LogP contribution in [0.15, 0.2) is 35.2 Å². The Hall–Kier alpha value is -0.220. The third-order valence-electron chi connectivity index (χ3n) is 1.46. The summed E-state index contributed by atoms with van der Waals surface area (Å²) >= 11 is 1.62. The van der Waals surface area contributed by atoms with E-state index in [1.807, 2.05) is 30.3 Å². The molecule has 1 aromatic carbocycles. The molecule has 0 aliphatic heterocycles. The minimum atomic E-state index is -0.393. The Labute approximate surface area is 88.9 Å². The van der Waals surface area contributed by atoms with Gasteiger partial charge in [-0.3, -0.25) is 0 Å². The summed E-state index contributed by atoms with van der Waals surface area (Å²) in [5, 5.41) is 9.17. The van der Waals surface area contributed by atoms with Crippen LogP contribution in [-0.4, -0.2) is 23.5 Å². The van der Waals surface area contributed by atoms with Crippen LogP contribution < -0.4 is 5.73 Å². The molecular formula is C9H14ClNOS. The van der Waals surface area contributed by atoms with Gasteiger partial charge < -0.3 is 10.8 Å². The molecule has 0 saturated heterocycles. The average Bonchev–Trinajstić information content (AvgIpc) is 2.16. The van der Waals surface area contributed by atoms with E-state index in [1.54, 1.807) is 11.8 Å². The lowest BCUT2D eigenvalue weighted by Crippen LogP contribution is -2.21. The molecule has 13 heavy (non-hydrogen) atoms. The molecule has 1 rings (SSSR count). The van der Waals surface area contributed by atoms with Gasteiger partial charge in [-0.1, -0.05) is 18.2 Å². The highest BCUT2D eigenvalue weighted by atomic mass is 35.5. The van der Waals surface area contributed by atoms with Gasteiger partial charge in [-0.2, -0.15) is 0 Å². The maximum absolute atomic E-state index is 9.17. The van der Waals surface area contributed by atoms with Gasteiger partial charge in [0.25, 0.3) is 0 Å². The summed E-state index contributed by atoms with van der Waals surface area (Å²) < 4.78 is 0. The number of benzene rings is 1. The summed E-state index contributed by atoms with van der Waals surface area (Å²) in [5.74, 6) is 0.667. The molecule has 74 valence electrons. The molecule has 0 spiro atoms. The third-order valence-corrected chi connectivity index (χ3v) is 2.61. The Balaban J connectivity index is 0.00000144. The number of thioether (sulfide) groups is 1. The highest BCUT2D eigenvalue weighted by molar-refractivity contribution is 7.99. The fraction of sp³-hybridized carbons (Fsp3) is 0.333. The Morgan fingerprint density at radius 2 is 1.92 bits per heavy atom. The molecule has 0 aliphatic carbocycles. The summed E-state index contributed by atoms with van der Waals surface area (Å²) in [7, 11) is 0. The van der Waals surface area contributed by atoms with Gasteiger partial charge in [-0.15, -0.1) is 24.2 Å². The van der Waals surface area contributed by atoms with Crippen molar-refractivity contribution >= 4 is 24.2 Å². The summed E-state index contributed by atoms with van der Waals surface area (Å²) in [4.78, 5) is 1.17. The molecule has 2 nitrogen and oxygen atoms in total. The quantitative estimate of drug-likeness (QED) is 0.755. The lowest BCUT2D eigenvalue weighted by molar-refractivity contribution is 0.208. The molecule has 4 heteroatoms. The van der Waals surface area contributed by atoms with Gasteiger partial charge in [0.1, 0.15) is 0 Å². The first-order chi connectivity index (χ1) is 5.83. The predicted molar refractivity (Wildman–Crippen MR) is 59.5 cm³/mol. The van der Waals surface area contributed by atoms with Crippen molar-refractivity contribution in [3.63, 3.8) is 0 Å². The number of halogens is 1. The van der Waals surface area contributed by atoms with Crippen molar-refractivity contribution < 1.29 is 5.11 Å². The smallest absolute Gasteiger partial charge is 0.0756 e. The molecule has 3 N–H and O–H groups in total. The van der Waals surface area contributed by atoms with Crippen molar-refractivity contribution in [1.29, 1.82) is 0 Å². The Morgan fingerprint density at radius 3 is 2.46 bits per heavy atom. The zero-order valence-corrected chi connectivity index (χ0v) is 8.85. The van der Waals surface area contributed by atoms with Gasteiger partial charge in [-0.25, -0.2) is 0 Å². The number of rotatable bonds is 4. The van der Waals surface area contributed by atoms with E-state index in [0.717, 1.165) is 0 Å². The van der Waals surface area contributed by atoms with Gasteiger partial charge in [0.2, 0.25) is 0 Å². The maximum Gasteiger partial charge on any atom is 0.0756 e. The number of nitrogens with two attached hydrogens (primary N) is 1. The van der Waals surface area contributed by atoms with E-state index < -0.39 is 6.10 Å². The Morgan fingerprint density at radius 1 is 1.31 bits per heavy atom. The molecule has 0 radical (unpaired) electrons. The number of hydrogen-bond donors (Lipinski definition) is 2. The van der Waals surface area contributed by atoms with Gasteiger partial charge in [0.05, 0.1) is 6.10 Å². The van der Waals surface area contributed by atoms with Crippen molar-refractivity contribution in [2.75, 3.05) is 12.3 Å². The normalized spacial score (nSPS) is 11.8. The van der Waals surface area contributed by atoms with Crippen molar-refractivity contribution in [2.45, 2.75) is 11.0 Å². The fourth-order valence-electron chi connectivity index (χ4n) is 0.777. The molecule has 1 unspecified atom stereocenters. The van der Waals surface area contributed by atoms with E-state index in [4.69, 9.17) is 5.73 Å². The van der Waals surface area contributed by atoms with Crippen LogP contribution in [0.4, 0.5) is 0 Å². The zero-order valence-electron chi connectivity index (χ0n) is 7.22. The van der Waals surface area contributed by atoms with Gasteiger partial charge in [0.15, 0.2) is 0 Å². The second kappa shape index (κ2) is 7.21. The lowest BCUT2D eigenvalue weighted by Gasteiger charge is -2.06. The first kappa shape index (κ1) is 12.8. The molecule has 1 aromatic rings. The second-order valence-electron chi connectivity index (χ2n) is 2.51. The van der Waals surface area contributed by atoms with Crippen LogP contribution in [0.25, 0.3) is 0 Å². The number of hydrogen-bond acceptors (Lipinski definition) is 3. The maximum atomic E-state index is 9.17. The van der Waals surface area contributed by atoms with Crippen molar-refractivity contribution in [2.24, 2.45) is 5.73 Å². The van der Waals surface area contributed by atoms with E-state index in [0.29, 0.717) is 12.3 Å². The van der Waals surface area contributed by atoms with Crippen molar-refractivity contribution in [1.82, 2.24) is 0 Å². The van der Waals surface area contributed by atoms with E-state index in [-0.39, 0.29) is 12.4 Å². The molecule has 0 bridgehead atoms. The van der Waals surface area contributed by atoms with Crippen LogP contribution in [-0.2, 0) is 0 Å². The second-order valence-corrected chi connectivity index (χ2v) is 3.61. The summed E-state index contributed by atoms with van der Waals surface area (Å²) in [6, 6.07) is 9.99. The predicted octanol–water partition coefficient (Wildman–Crippen LogP) is 1.52. The number of aliphatic hydroxyl groups is 1. The van der Waals surface area contributed by atoms with Crippen molar-refractivity contribution in [3.8, 4) is 0 Å². The Kier molecular flexibility index (Phi) is 7.09. The fourth-order valence-corrected chi connectivity index (χ4v) is 1.65. The molecule has 0 heterocycles. The van der Waals surface area contributed by atoms with E-state index in [1.165, 1.54) is 4.90 Å². The molecular weight excluding hydrogens is 206 g/mol. The highest BCUT2D eigenvalue weighted by Gasteiger charge is 2.00. The molecule has 0 saturated carbocycles. The van der Waals surface area contributed by atoms with Crippen LogP contribution in [0.5, 0.6) is 0 Å². The lowest BCUT2D eigenvalue weighted by atomic mass is 10.4. The third kappa shape index (κ3) is 5.16. The van der Waals surface area contributed by atoms with Crippen LogP contribution in [0.2, 0.25) is 0 Å². The van der Waals surface area contributed by atoms with Gasteiger partial charge in [-0.05, 0) is 12.1 Å². The van der Waals surface area contributed by atoms with E-state index in [2.05, 4.69) is 0 Å². The van der Waals surface area contributed by atoms with Crippen LogP contribution in [0.3, 0.4) is 0 Å². The van der Waals surface area contributed by atoms with Gasteiger partial charge in [0, 0.05) is 17.2 Å². The standard InChI is InChI=1S/C9H13NOS.ClH/c10-6-8(11)7-12-9-4-2-1-3-5-9;/h1-5,8,11H,6-7,10H2;1H. The first-order valence-electron chi connectivity index (χ1n) is 3.89. The first-order valence-corrected chi connectivity index (χ1v) is 4.87. The van der Waals surface area contributed by atoms with E-state index >= 15 is 0 Å². The monoisotopic (exact) mass is 219 g/mol. The molecule has 0 fully saturated rings.